The van der Waals surface area contributed by atoms with Crippen molar-refractivity contribution in [3.05, 3.63) is 70.7 Å². The van der Waals surface area contributed by atoms with Crippen molar-refractivity contribution in [3.8, 4) is 5.82 Å². The number of pyridine rings is 1. The van der Waals surface area contributed by atoms with Gasteiger partial charge < -0.3 is 11.1 Å². The highest BCUT2D eigenvalue weighted by atomic mass is 35.5. The monoisotopic (exact) mass is 433 g/mol. The highest BCUT2D eigenvalue weighted by Crippen LogP contribution is 2.31. The molecule has 0 fully saturated rings. The third kappa shape index (κ3) is 4.71. The van der Waals surface area contributed by atoms with Gasteiger partial charge in [0.15, 0.2) is 5.82 Å². The van der Waals surface area contributed by atoms with Crippen molar-refractivity contribution in [2.24, 2.45) is 0 Å². The van der Waals surface area contributed by atoms with E-state index in [9.17, 15) is 4.79 Å². The molecule has 154 valence electrons. The van der Waals surface area contributed by atoms with E-state index in [0.29, 0.717) is 11.4 Å². The molecular weight excluding hydrogens is 409 g/mol. The zero-order valence-corrected chi connectivity index (χ0v) is 18.0. The minimum Gasteiger partial charge on any atom is -0.399 e. The van der Waals surface area contributed by atoms with Gasteiger partial charge in [-0.25, -0.2) is 9.67 Å². The molecule has 0 aliphatic heterocycles. The molecule has 2 heterocycles. The number of carbonyl (C=O) groups excluding carboxylic acids is 1. The van der Waals surface area contributed by atoms with Crippen LogP contribution >= 0.6 is 24.8 Å². The average Bonchev–Trinajstić information content (AvgIpc) is 3.00. The van der Waals surface area contributed by atoms with Crippen LogP contribution in [0.1, 0.15) is 51.8 Å². The number of aromatic nitrogens is 3. The molecule has 0 bridgehead atoms. The number of aryl methyl sites for hydroxylation is 3. The molecule has 3 aromatic rings. The number of fused-ring (bicyclic) bond motifs is 1. The SMILES string of the molecule is Cc1cc(C)n(-c2ccc(C(=O)NC3CCCc4cc(N)ccc43)cn2)n1.Cl.Cl. The molecule has 1 unspecified atom stereocenters. The lowest BCUT2D eigenvalue weighted by molar-refractivity contribution is 0.0932. The van der Waals surface area contributed by atoms with Crippen LogP contribution in [-0.4, -0.2) is 20.7 Å². The number of halogens is 2. The summed E-state index contributed by atoms with van der Waals surface area (Å²) in [4.78, 5) is 17.1. The second-order valence-electron chi connectivity index (χ2n) is 7.12. The van der Waals surface area contributed by atoms with Crippen molar-refractivity contribution in [2.45, 2.75) is 39.2 Å². The van der Waals surface area contributed by atoms with Crippen molar-refractivity contribution in [1.82, 2.24) is 20.1 Å². The number of anilines is 1. The number of amides is 1. The second-order valence-corrected chi connectivity index (χ2v) is 7.12. The van der Waals surface area contributed by atoms with Crippen LogP contribution in [0.15, 0.2) is 42.6 Å². The fourth-order valence-electron chi connectivity index (χ4n) is 3.73. The Morgan fingerprint density at radius 3 is 2.62 bits per heavy atom. The first-order valence-electron chi connectivity index (χ1n) is 9.20. The van der Waals surface area contributed by atoms with Crippen LogP contribution in [-0.2, 0) is 6.42 Å². The van der Waals surface area contributed by atoms with Crippen LogP contribution in [0.5, 0.6) is 0 Å². The summed E-state index contributed by atoms with van der Waals surface area (Å²) in [6, 6.07) is 11.6. The standard InChI is InChI=1S/C21H23N5O.2ClH/c1-13-10-14(2)26(25-13)20-9-6-16(12-23-20)21(27)24-19-5-3-4-15-11-17(22)7-8-18(15)19;;/h6-12,19H,3-5,22H2,1-2H3,(H,24,27);2*1H. The summed E-state index contributed by atoms with van der Waals surface area (Å²) in [6.45, 7) is 3.93. The molecule has 3 N–H and O–H groups in total. The van der Waals surface area contributed by atoms with Gasteiger partial charge in [-0.15, -0.1) is 24.8 Å². The van der Waals surface area contributed by atoms with E-state index in [-0.39, 0.29) is 36.8 Å². The van der Waals surface area contributed by atoms with Crippen molar-refractivity contribution in [2.75, 3.05) is 5.73 Å². The van der Waals surface area contributed by atoms with Crippen molar-refractivity contribution >= 4 is 36.4 Å². The number of nitrogen functional groups attached to an aromatic ring is 1. The van der Waals surface area contributed by atoms with E-state index in [1.807, 2.05) is 44.2 Å². The molecule has 0 radical (unpaired) electrons. The maximum atomic E-state index is 12.7. The fourth-order valence-corrected chi connectivity index (χ4v) is 3.73. The smallest absolute Gasteiger partial charge is 0.253 e. The highest BCUT2D eigenvalue weighted by molar-refractivity contribution is 5.94. The van der Waals surface area contributed by atoms with E-state index in [4.69, 9.17) is 5.73 Å². The molecule has 0 saturated heterocycles. The predicted octanol–water partition coefficient (Wildman–Crippen LogP) is 4.12. The maximum Gasteiger partial charge on any atom is 0.253 e. The molecule has 2 aromatic heterocycles. The lowest BCUT2D eigenvalue weighted by Crippen LogP contribution is -2.31. The lowest BCUT2D eigenvalue weighted by Gasteiger charge is -2.26. The van der Waals surface area contributed by atoms with Gasteiger partial charge in [-0.3, -0.25) is 4.79 Å². The third-order valence-corrected chi connectivity index (χ3v) is 5.02. The molecule has 8 heteroatoms. The first kappa shape index (κ1) is 22.7. The maximum absolute atomic E-state index is 12.7. The second kappa shape index (κ2) is 9.29. The van der Waals surface area contributed by atoms with Crippen LogP contribution in [0.25, 0.3) is 5.82 Å². The molecule has 6 nitrogen and oxygen atoms in total. The largest absolute Gasteiger partial charge is 0.399 e. The minimum atomic E-state index is -0.114. The average molecular weight is 434 g/mol. The molecule has 29 heavy (non-hydrogen) atoms. The summed E-state index contributed by atoms with van der Waals surface area (Å²) in [6.07, 6.45) is 4.58. The van der Waals surface area contributed by atoms with Crippen LogP contribution in [0, 0.1) is 13.8 Å². The molecular formula is C21H25Cl2N5O. The summed E-state index contributed by atoms with van der Waals surface area (Å²) in [5.41, 5.74) is 11.5. The van der Waals surface area contributed by atoms with E-state index in [1.54, 1.807) is 16.9 Å². The van der Waals surface area contributed by atoms with E-state index in [0.717, 1.165) is 41.9 Å². The van der Waals surface area contributed by atoms with E-state index >= 15 is 0 Å². The van der Waals surface area contributed by atoms with Gasteiger partial charge in [0.2, 0.25) is 0 Å². The summed E-state index contributed by atoms with van der Waals surface area (Å²) >= 11 is 0. The molecule has 1 amide bonds. The fraction of sp³-hybridized carbons (Fsp3) is 0.286. The lowest BCUT2D eigenvalue weighted by atomic mass is 9.87. The molecule has 1 aliphatic carbocycles. The summed E-state index contributed by atoms with van der Waals surface area (Å²) in [7, 11) is 0. The van der Waals surface area contributed by atoms with Gasteiger partial charge in [0.05, 0.1) is 17.3 Å². The molecule has 1 aromatic carbocycles. The third-order valence-electron chi connectivity index (χ3n) is 5.02. The van der Waals surface area contributed by atoms with Crippen molar-refractivity contribution in [3.63, 3.8) is 0 Å². The number of nitrogens with zero attached hydrogens (tertiary/aromatic N) is 3. The van der Waals surface area contributed by atoms with Crippen LogP contribution in [0.3, 0.4) is 0 Å². The highest BCUT2D eigenvalue weighted by Gasteiger charge is 2.22. The van der Waals surface area contributed by atoms with Gasteiger partial charge in [-0.2, -0.15) is 5.10 Å². The number of nitrogens with one attached hydrogen (secondary N) is 1. The first-order chi connectivity index (χ1) is 13.0. The summed E-state index contributed by atoms with van der Waals surface area (Å²) in [5, 5.41) is 7.57. The Labute approximate surface area is 182 Å². The number of rotatable bonds is 3. The molecule has 0 spiro atoms. The number of carbonyl (C=O) groups is 1. The van der Waals surface area contributed by atoms with Gasteiger partial charge in [-0.1, -0.05) is 6.07 Å². The predicted molar refractivity (Wildman–Crippen MR) is 119 cm³/mol. The number of hydrogen-bond donors (Lipinski definition) is 2. The molecule has 0 saturated carbocycles. The number of hydrogen-bond acceptors (Lipinski definition) is 4. The molecule has 1 aliphatic rings. The Balaban J connectivity index is 0.00000150. The van der Waals surface area contributed by atoms with Gasteiger partial charge in [0.1, 0.15) is 0 Å². The molecule has 1 atom stereocenters. The van der Waals surface area contributed by atoms with E-state index in [2.05, 4.69) is 15.4 Å². The quantitative estimate of drug-likeness (QED) is 0.608. The summed E-state index contributed by atoms with van der Waals surface area (Å²) < 4.78 is 1.78. The normalized spacial score (nSPS) is 14.9. The molecule has 4 rings (SSSR count). The zero-order chi connectivity index (χ0) is 19.0. The van der Waals surface area contributed by atoms with Crippen LogP contribution in [0.2, 0.25) is 0 Å². The van der Waals surface area contributed by atoms with Gasteiger partial charge in [-0.05, 0) is 74.6 Å². The van der Waals surface area contributed by atoms with E-state index in [1.165, 1.54) is 5.56 Å². The van der Waals surface area contributed by atoms with Crippen molar-refractivity contribution in [1.29, 1.82) is 0 Å². The Bertz CT molecular complexity index is 1000. The Morgan fingerprint density at radius 1 is 1.17 bits per heavy atom. The zero-order valence-electron chi connectivity index (χ0n) is 16.4. The Kier molecular flexibility index (Phi) is 7.27. The number of nitrogens with two attached hydrogens (primary N) is 1. The Hall–Kier alpha value is -2.57. The van der Waals surface area contributed by atoms with Crippen LogP contribution in [0.4, 0.5) is 5.69 Å². The minimum absolute atomic E-state index is 0. The number of benzene rings is 1. The summed E-state index contributed by atoms with van der Waals surface area (Å²) in [5.74, 6) is 0.590. The van der Waals surface area contributed by atoms with Gasteiger partial charge in [0.25, 0.3) is 5.91 Å². The van der Waals surface area contributed by atoms with Crippen LogP contribution < -0.4 is 11.1 Å². The van der Waals surface area contributed by atoms with Gasteiger partial charge in [0, 0.05) is 17.6 Å². The Morgan fingerprint density at radius 2 is 1.97 bits per heavy atom. The van der Waals surface area contributed by atoms with Crippen molar-refractivity contribution < 1.29 is 4.79 Å². The van der Waals surface area contributed by atoms with E-state index < -0.39 is 0 Å². The first-order valence-corrected chi connectivity index (χ1v) is 9.20. The topological polar surface area (TPSA) is 85.8 Å². The van der Waals surface area contributed by atoms with Gasteiger partial charge >= 0.3 is 0 Å².